The molecule has 0 fully saturated rings. The molecule has 0 saturated heterocycles. The van der Waals surface area contributed by atoms with Gasteiger partial charge in [0.1, 0.15) is 23.1 Å². The molecule has 3 heterocycles. The van der Waals surface area contributed by atoms with E-state index in [0.717, 1.165) is 34.0 Å². The quantitative estimate of drug-likeness (QED) is 0.0805. The number of carbonyl (C=O) groups excluding carboxylic acids is 3. The van der Waals surface area contributed by atoms with E-state index in [2.05, 4.69) is 35.6 Å². The highest BCUT2D eigenvalue weighted by Gasteiger charge is 2.34. The van der Waals surface area contributed by atoms with Crippen LogP contribution in [0.4, 0.5) is 26.3 Å². The normalized spacial score (nSPS) is 12.6. The van der Waals surface area contributed by atoms with Gasteiger partial charge in [0.15, 0.2) is 0 Å². The summed E-state index contributed by atoms with van der Waals surface area (Å²) in [7, 11) is 5.17. The van der Waals surface area contributed by atoms with Crippen molar-refractivity contribution < 1.29 is 45.5 Å². The summed E-state index contributed by atoms with van der Waals surface area (Å²) in [5, 5.41) is 9.51. The van der Waals surface area contributed by atoms with Gasteiger partial charge >= 0.3 is 12.5 Å². The number of ketones is 3. The summed E-state index contributed by atoms with van der Waals surface area (Å²) in [6.45, 7) is 4.57. The van der Waals surface area contributed by atoms with Crippen LogP contribution in [0.15, 0.2) is 128 Å². The topological polar surface area (TPSA) is 135 Å². The van der Waals surface area contributed by atoms with Gasteiger partial charge in [-0.3, -0.25) is 29.3 Å². The molecule has 3 N–H and O–H groups in total. The second kappa shape index (κ2) is 25.0. The van der Waals surface area contributed by atoms with Crippen molar-refractivity contribution in [3.8, 4) is 39.5 Å². The zero-order valence-corrected chi connectivity index (χ0v) is 38.4. The minimum atomic E-state index is -4.77. The standard InChI is InChI=1S/C17H17F3N2O2.C17H17F3N2O.C16H17ClN2O/c1-11(23)15(21-2)9-12-7-8-14(22-10-12)13-5-3-4-6-16(13)24-17(18,19)20;1-11(23)16(21-2)9-12-7-8-15(22-10-12)13-5-3-4-6-14(13)17(18,19)20;1-11(20)16(18-2)8-12-6-7-15(19-10-12)13-4-3-5-14(17)9-13/h3-8,10,15,21H,9H2,1-2H3;3-8,10,16,21H,9H2,1-2H3;3-7,9-10,16,18H,8H2,1-2H3/t15-;2*16-/m000/s1. The highest BCUT2D eigenvalue weighted by atomic mass is 35.5. The van der Waals surface area contributed by atoms with E-state index in [0.29, 0.717) is 30.0 Å². The molecule has 67 heavy (non-hydrogen) atoms. The summed E-state index contributed by atoms with van der Waals surface area (Å²) < 4.78 is 80.6. The van der Waals surface area contributed by atoms with E-state index in [1.807, 2.05) is 42.6 Å². The average molecular weight is 949 g/mol. The largest absolute Gasteiger partial charge is 0.573 e. The van der Waals surface area contributed by atoms with Crippen LogP contribution in [-0.4, -0.2) is 77.9 Å². The minimum Gasteiger partial charge on any atom is -0.405 e. The number of para-hydroxylation sites is 1. The number of Topliss-reactive ketones (excluding diaryl/α,β-unsaturated/α-hetero) is 3. The van der Waals surface area contributed by atoms with Gasteiger partial charge in [0, 0.05) is 40.3 Å². The van der Waals surface area contributed by atoms with Crippen molar-refractivity contribution in [3.63, 3.8) is 0 Å². The molecule has 0 aliphatic heterocycles. The Labute approximate surface area is 390 Å². The maximum Gasteiger partial charge on any atom is 0.573 e. The van der Waals surface area contributed by atoms with Gasteiger partial charge in [0.2, 0.25) is 0 Å². The Bertz CT molecular complexity index is 2540. The van der Waals surface area contributed by atoms with Gasteiger partial charge in [-0.2, -0.15) is 13.2 Å². The average Bonchev–Trinajstić information content (AvgIpc) is 3.29. The molecule has 0 amide bonds. The number of aromatic nitrogens is 3. The fourth-order valence-electron chi connectivity index (χ4n) is 6.67. The lowest BCUT2D eigenvalue weighted by atomic mass is 10.0. The third kappa shape index (κ3) is 16.8. The smallest absolute Gasteiger partial charge is 0.405 e. The second-order valence-electron chi connectivity index (χ2n) is 15.2. The van der Waals surface area contributed by atoms with Crippen molar-refractivity contribution in [1.82, 2.24) is 30.9 Å². The summed E-state index contributed by atoms with van der Waals surface area (Å²) in [4.78, 5) is 47.0. The number of halogens is 7. The highest BCUT2D eigenvalue weighted by Crippen LogP contribution is 2.36. The lowest BCUT2D eigenvalue weighted by Crippen LogP contribution is -2.34. The van der Waals surface area contributed by atoms with Crippen LogP contribution in [0.3, 0.4) is 0 Å². The van der Waals surface area contributed by atoms with Crippen molar-refractivity contribution in [2.75, 3.05) is 21.1 Å². The van der Waals surface area contributed by atoms with Crippen molar-refractivity contribution >= 4 is 29.0 Å². The van der Waals surface area contributed by atoms with Crippen LogP contribution in [-0.2, 0) is 39.8 Å². The molecule has 3 aromatic heterocycles. The number of hydrogen-bond donors (Lipinski definition) is 3. The van der Waals surface area contributed by atoms with Crippen molar-refractivity contribution in [2.24, 2.45) is 0 Å². The first-order chi connectivity index (χ1) is 31.7. The Morgan fingerprint density at radius 3 is 1.36 bits per heavy atom. The monoisotopic (exact) mass is 948 g/mol. The predicted molar refractivity (Wildman–Crippen MR) is 247 cm³/mol. The molecule has 0 aliphatic carbocycles. The molecule has 0 saturated carbocycles. The molecule has 354 valence electrons. The molecule has 17 heteroatoms. The maximum atomic E-state index is 13.0. The van der Waals surface area contributed by atoms with Crippen LogP contribution in [0, 0.1) is 0 Å². The first-order valence-electron chi connectivity index (χ1n) is 20.9. The summed E-state index contributed by atoms with van der Waals surface area (Å²) in [5.41, 5.74) is 4.69. The number of rotatable bonds is 16. The van der Waals surface area contributed by atoms with Crippen molar-refractivity contribution in [3.05, 3.63) is 155 Å². The number of benzene rings is 3. The van der Waals surface area contributed by atoms with Crippen molar-refractivity contribution in [1.29, 1.82) is 0 Å². The summed E-state index contributed by atoms with van der Waals surface area (Å²) in [6.07, 6.45) is -2.78. The number of nitrogens with one attached hydrogen (secondary N) is 3. The molecular formula is C50H51ClF6N6O4. The minimum absolute atomic E-state index is 0.000932. The summed E-state index contributed by atoms with van der Waals surface area (Å²) in [6, 6.07) is 28.5. The molecule has 0 aliphatic rings. The number of carbonyl (C=O) groups is 3. The Kier molecular flexibility index (Phi) is 19.9. The maximum absolute atomic E-state index is 13.0. The first kappa shape index (κ1) is 53.3. The molecule has 0 unspecified atom stereocenters. The number of hydrogen-bond acceptors (Lipinski definition) is 10. The van der Waals surface area contributed by atoms with Crippen LogP contribution in [0.5, 0.6) is 5.75 Å². The predicted octanol–water partition coefficient (Wildman–Crippen LogP) is 9.98. The SMILES string of the molecule is CN[C@@H](Cc1ccc(-c2cccc(Cl)c2)nc1)C(C)=O.CN[C@@H](Cc1ccc(-c2ccccc2C(F)(F)F)nc1)C(C)=O.CN[C@@H](Cc1ccc(-c2ccccc2OC(F)(F)F)nc1)C(C)=O. The molecule has 0 bridgehead atoms. The lowest BCUT2D eigenvalue weighted by molar-refractivity contribution is -0.274. The van der Waals surface area contributed by atoms with E-state index in [-0.39, 0.29) is 58.0 Å². The van der Waals surface area contributed by atoms with Gasteiger partial charge < -0.3 is 20.7 Å². The zero-order valence-electron chi connectivity index (χ0n) is 37.6. The van der Waals surface area contributed by atoms with Crippen LogP contribution < -0.4 is 20.7 Å². The van der Waals surface area contributed by atoms with Crippen LogP contribution in [0.1, 0.15) is 43.0 Å². The van der Waals surface area contributed by atoms with E-state index in [1.165, 1.54) is 50.4 Å². The summed E-state index contributed by atoms with van der Waals surface area (Å²) >= 11 is 5.97. The van der Waals surface area contributed by atoms with Gasteiger partial charge in [0.05, 0.1) is 40.8 Å². The fraction of sp³-hybridized carbons (Fsp3) is 0.280. The van der Waals surface area contributed by atoms with Crippen LogP contribution >= 0.6 is 11.6 Å². The van der Waals surface area contributed by atoms with Crippen LogP contribution in [0.25, 0.3) is 33.8 Å². The third-order valence-corrected chi connectivity index (χ3v) is 10.6. The second-order valence-corrected chi connectivity index (χ2v) is 15.7. The molecule has 6 aromatic rings. The fourth-order valence-corrected chi connectivity index (χ4v) is 6.86. The van der Waals surface area contributed by atoms with Crippen molar-refractivity contribution in [2.45, 2.75) is 70.7 Å². The Hall–Kier alpha value is -6.33. The van der Waals surface area contributed by atoms with Gasteiger partial charge in [-0.25, -0.2) is 0 Å². The van der Waals surface area contributed by atoms with Crippen LogP contribution in [0.2, 0.25) is 5.02 Å². The van der Waals surface area contributed by atoms with E-state index < -0.39 is 18.1 Å². The lowest BCUT2D eigenvalue weighted by Gasteiger charge is -2.14. The van der Waals surface area contributed by atoms with E-state index in [4.69, 9.17) is 11.6 Å². The molecule has 0 radical (unpaired) electrons. The Morgan fingerprint density at radius 2 is 0.970 bits per heavy atom. The van der Waals surface area contributed by atoms with Gasteiger partial charge in [-0.05, 0) is 126 Å². The molecule has 10 nitrogen and oxygen atoms in total. The van der Waals surface area contributed by atoms with E-state index in [1.54, 1.807) is 70.7 Å². The van der Waals surface area contributed by atoms with Gasteiger partial charge in [0.25, 0.3) is 0 Å². The number of nitrogens with zero attached hydrogens (tertiary/aromatic N) is 3. The van der Waals surface area contributed by atoms with E-state index in [9.17, 15) is 40.7 Å². The molecular weight excluding hydrogens is 898 g/mol. The Balaban J connectivity index is 0.000000220. The van der Waals surface area contributed by atoms with Gasteiger partial charge in [-0.15, -0.1) is 13.2 Å². The van der Waals surface area contributed by atoms with E-state index >= 15 is 0 Å². The van der Waals surface area contributed by atoms with Gasteiger partial charge in [-0.1, -0.05) is 72.3 Å². The number of ether oxygens (including phenoxy) is 1. The first-order valence-corrected chi connectivity index (χ1v) is 21.3. The summed E-state index contributed by atoms with van der Waals surface area (Å²) in [5.74, 6) is -0.169. The molecule has 3 aromatic carbocycles. The zero-order chi connectivity index (χ0) is 49.3. The molecule has 3 atom stereocenters. The highest BCUT2D eigenvalue weighted by molar-refractivity contribution is 6.30. The number of likely N-dealkylation sites (N-methyl/N-ethyl adjacent to an activating group) is 3. The molecule has 6 rings (SSSR count). The Morgan fingerprint density at radius 1 is 0.552 bits per heavy atom. The number of pyridine rings is 3. The molecule has 0 spiro atoms. The third-order valence-electron chi connectivity index (χ3n) is 10.3. The number of alkyl halides is 6.